The summed E-state index contributed by atoms with van der Waals surface area (Å²) < 4.78 is 5.35. The standard InChI is InChI=1S/C20H24N2O2.C3H6O3/c1-3-13-12-22-9-7-14(13)10-19(22)20(23)16-6-8-21-18-5-4-15(24-2)11-17(16)18;1-2(4)3(5)6/h3-6,8,11,13-14,19-20,23H,1,7,9-10,12H2,2H3;2,4H,1H3,(H,5,6)/t13-,14-,19+,20-;/m0./s1. The summed E-state index contributed by atoms with van der Waals surface area (Å²) in [5.74, 6) is 0.822. The number of methoxy groups -OCH3 is 1. The number of piperidine rings is 3. The first-order chi connectivity index (χ1) is 14.3. The Morgan fingerprint density at radius 3 is 2.67 bits per heavy atom. The number of hydrogen-bond donors (Lipinski definition) is 3. The van der Waals surface area contributed by atoms with Crippen LogP contribution < -0.4 is 4.74 Å². The highest BCUT2D eigenvalue weighted by Gasteiger charge is 2.42. The lowest BCUT2D eigenvalue weighted by molar-refractivity contribution is -0.145. The molecule has 3 saturated heterocycles. The molecule has 4 heterocycles. The van der Waals surface area contributed by atoms with Gasteiger partial charge in [-0.15, -0.1) is 6.58 Å². The molecule has 6 atom stereocenters. The highest BCUT2D eigenvalue weighted by molar-refractivity contribution is 5.84. The van der Waals surface area contributed by atoms with E-state index >= 15 is 0 Å². The molecule has 0 amide bonds. The molecule has 5 rings (SSSR count). The maximum Gasteiger partial charge on any atom is 0.332 e. The van der Waals surface area contributed by atoms with E-state index < -0.39 is 18.2 Å². The molecule has 162 valence electrons. The first-order valence-electron chi connectivity index (χ1n) is 10.2. The lowest BCUT2D eigenvalue weighted by atomic mass is 9.73. The Morgan fingerprint density at radius 1 is 1.37 bits per heavy atom. The molecule has 0 radical (unpaired) electrons. The number of pyridine rings is 1. The zero-order valence-electron chi connectivity index (χ0n) is 17.4. The summed E-state index contributed by atoms with van der Waals surface area (Å²) in [6.07, 6.45) is 4.39. The molecular formula is C23H30N2O5. The smallest absolute Gasteiger partial charge is 0.332 e. The normalized spacial score (nSPS) is 26.9. The number of carbonyl (C=O) groups is 1. The fourth-order valence-electron chi connectivity index (χ4n) is 4.44. The van der Waals surface area contributed by atoms with Crippen molar-refractivity contribution in [1.29, 1.82) is 0 Å². The number of fused-ring (bicyclic) bond motifs is 4. The van der Waals surface area contributed by atoms with Crippen molar-refractivity contribution in [2.45, 2.75) is 38.0 Å². The Labute approximate surface area is 176 Å². The molecule has 0 spiro atoms. The summed E-state index contributed by atoms with van der Waals surface area (Å²) in [6.45, 7) is 7.27. The van der Waals surface area contributed by atoms with E-state index in [0.717, 1.165) is 41.7 Å². The van der Waals surface area contributed by atoms with Crippen molar-refractivity contribution >= 4 is 16.9 Å². The van der Waals surface area contributed by atoms with Crippen LogP contribution in [0.25, 0.3) is 10.9 Å². The number of rotatable bonds is 5. The van der Waals surface area contributed by atoms with Gasteiger partial charge in [0.05, 0.1) is 18.7 Å². The van der Waals surface area contributed by atoms with Crippen molar-refractivity contribution in [2.75, 3.05) is 20.2 Å². The van der Waals surface area contributed by atoms with E-state index in [9.17, 15) is 9.90 Å². The molecule has 7 nitrogen and oxygen atoms in total. The minimum Gasteiger partial charge on any atom is -0.497 e. The zero-order valence-corrected chi connectivity index (χ0v) is 17.4. The van der Waals surface area contributed by atoms with Gasteiger partial charge in [0.1, 0.15) is 11.9 Å². The topological polar surface area (TPSA) is 103 Å². The maximum absolute atomic E-state index is 11.2. The van der Waals surface area contributed by atoms with Crippen LogP contribution in [0.5, 0.6) is 5.75 Å². The second kappa shape index (κ2) is 9.55. The lowest BCUT2D eigenvalue weighted by Gasteiger charge is -2.50. The van der Waals surface area contributed by atoms with Crippen LogP contribution in [-0.4, -0.2) is 63.5 Å². The van der Waals surface area contributed by atoms with Crippen molar-refractivity contribution in [3.63, 3.8) is 0 Å². The summed E-state index contributed by atoms with van der Waals surface area (Å²) in [5, 5.41) is 27.9. The second-order valence-electron chi connectivity index (χ2n) is 7.99. The molecule has 0 aliphatic carbocycles. The van der Waals surface area contributed by atoms with Gasteiger partial charge in [0.2, 0.25) is 0 Å². The number of hydrogen-bond acceptors (Lipinski definition) is 6. The number of nitrogens with zero attached hydrogens (tertiary/aromatic N) is 2. The predicted molar refractivity (Wildman–Crippen MR) is 114 cm³/mol. The highest BCUT2D eigenvalue weighted by Crippen LogP contribution is 2.42. The van der Waals surface area contributed by atoms with E-state index in [1.807, 2.05) is 24.3 Å². The molecule has 3 aliphatic heterocycles. The lowest BCUT2D eigenvalue weighted by Crippen LogP contribution is -2.54. The van der Waals surface area contributed by atoms with Crippen molar-refractivity contribution < 1.29 is 24.9 Å². The van der Waals surface area contributed by atoms with Gasteiger partial charge in [-0.25, -0.2) is 4.79 Å². The molecule has 0 saturated carbocycles. The van der Waals surface area contributed by atoms with Gasteiger partial charge in [0.25, 0.3) is 0 Å². The second-order valence-corrected chi connectivity index (χ2v) is 7.99. The Balaban J connectivity index is 0.000000377. The maximum atomic E-state index is 11.2. The van der Waals surface area contributed by atoms with Gasteiger partial charge in [-0.3, -0.25) is 9.88 Å². The number of benzene rings is 1. The minimum atomic E-state index is -1.23. The van der Waals surface area contributed by atoms with E-state index in [4.69, 9.17) is 14.9 Å². The number of aromatic nitrogens is 1. The van der Waals surface area contributed by atoms with Crippen LogP contribution in [0, 0.1) is 11.8 Å². The third-order valence-corrected chi connectivity index (χ3v) is 6.18. The highest BCUT2D eigenvalue weighted by atomic mass is 16.5. The molecule has 1 aromatic carbocycles. The summed E-state index contributed by atoms with van der Waals surface area (Å²) in [6, 6.07) is 7.96. The molecule has 1 aromatic heterocycles. The molecular weight excluding hydrogens is 384 g/mol. The summed E-state index contributed by atoms with van der Waals surface area (Å²) >= 11 is 0. The van der Waals surface area contributed by atoms with E-state index in [1.54, 1.807) is 13.3 Å². The monoisotopic (exact) mass is 414 g/mol. The van der Waals surface area contributed by atoms with Crippen molar-refractivity contribution in [3.8, 4) is 5.75 Å². The van der Waals surface area contributed by atoms with Crippen LogP contribution in [0.4, 0.5) is 0 Å². The SMILES string of the molecule is C=C[C@H]1C[N@]2CC[C@H]1C[C@@H]2[C@@H](O)c1ccnc2ccc(OC)cc12.CC(O)C(=O)O. The largest absolute Gasteiger partial charge is 0.497 e. The predicted octanol–water partition coefficient (Wildman–Crippen LogP) is 2.63. The van der Waals surface area contributed by atoms with Crippen LogP contribution in [0.1, 0.15) is 31.4 Å². The Kier molecular flexibility index (Phi) is 7.07. The summed E-state index contributed by atoms with van der Waals surface area (Å²) in [5.41, 5.74) is 1.85. The average molecular weight is 415 g/mol. The molecule has 3 N–H and O–H groups in total. The summed E-state index contributed by atoms with van der Waals surface area (Å²) in [4.78, 5) is 16.3. The molecule has 3 fully saturated rings. The van der Waals surface area contributed by atoms with Gasteiger partial charge in [-0.2, -0.15) is 0 Å². The molecule has 30 heavy (non-hydrogen) atoms. The van der Waals surface area contributed by atoms with Gasteiger partial charge in [0.15, 0.2) is 0 Å². The Hall–Kier alpha value is -2.48. The van der Waals surface area contributed by atoms with Crippen LogP contribution in [0.15, 0.2) is 43.1 Å². The van der Waals surface area contributed by atoms with Crippen LogP contribution >= 0.6 is 0 Å². The van der Waals surface area contributed by atoms with Gasteiger partial charge in [-0.05, 0) is 68.0 Å². The number of aliphatic carboxylic acids is 1. The number of carboxylic acid groups (broad SMARTS) is 1. The quantitative estimate of drug-likeness (QED) is 0.646. The van der Waals surface area contributed by atoms with Gasteiger partial charge in [0, 0.05) is 24.2 Å². The molecule has 2 bridgehead atoms. The third kappa shape index (κ3) is 4.64. The Bertz CT molecular complexity index is 900. The third-order valence-electron chi connectivity index (χ3n) is 6.18. The number of ether oxygens (including phenoxy) is 1. The van der Waals surface area contributed by atoms with Gasteiger partial charge < -0.3 is 20.1 Å². The molecule has 3 aliphatic rings. The first-order valence-corrected chi connectivity index (χ1v) is 10.2. The van der Waals surface area contributed by atoms with E-state index in [-0.39, 0.29) is 6.04 Å². The van der Waals surface area contributed by atoms with Crippen molar-refractivity contribution in [3.05, 3.63) is 48.7 Å². The fourth-order valence-corrected chi connectivity index (χ4v) is 4.44. The minimum absolute atomic E-state index is 0.178. The van der Waals surface area contributed by atoms with Gasteiger partial charge in [-0.1, -0.05) is 6.08 Å². The fraction of sp³-hybridized carbons (Fsp3) is 0.478. The zero-order chi connectivity index (χ0) is 21.8. The number of aliphatic hydroxyl groups is 2. The average Bonchev–Trinajstić information content (AvgIpc) is 2.78. The molecule has 2 aromatic rings. The number of aliphatic hydroxyl groups excluding tert-OH is 2. The van der Waals surface area contributed by atoms with Crippen molar-refractivity contribution in [1.82, 2.24) is 9.88 Å². The van der Waals surface area contributed by atoms with E-state index in [2.05, 4.69) is 22.5 Å². The molecule has 7 heteroatoms. The Morgan fingerprint density at radius 2 is 2.10 bits per heavy atom. The molecule has 1 unspecified atom stereocenters. The van der Waals surface area contributed by atoms with Crippen LogP contribution in [0.3, 0.4) is 0 Å². The van der Waals surface area contributed by atoms with Crippen molar-refractivity contribution in [2.24, 2.45) is 11.8 Å². The number of carboxylic acids is 1. The van der Waals surface area contributed by atoms with Crippen LogP contribution in [-0.2, 0) is 4.79 Å². The van der Waals surface area contributed by atoms with E-state index in [1.165, 1.54) is 13.3 Å². The van der Waals surface area contributed by atoms with Gasteiger partial charge >= 0.3 is 5.97 Å². The summed E-state index contributed by atoms with van der Waals surface area (Å²) in [7, 11) is 1.66. The van der Waals surface area contributed by atoms with Crippen LogP contribution in [0.2, 0.25) is 0 Å². The van der Waals surface area contributed by atoms with E-state index in [0.29, 0.717) is 11.8 Å². The first kappa shape index (κ1) is 22.2.